The molecule has 4 rings (SSSR count). The second-order valence-electron chi connectivity index (χ2n) is 7.28. The van der Waals surface area contributed by atoms with Crippen LogP contribution >= 0.6 is 11.8 Å². The third-order valence-corrected chi connectivity index (χ3v) is 6.25. The fraction of sp³-hybridized carbons (Fsp3) is 0.182. The number of non-ortho nitro benzene ring substituents is 1. The zero-order valence-corrected chi connectivity index (χ0v) is 18.4. The van der Waals surface area contributed by atoms with E-state index in [0.29, 0.717) is 16.3 Å². The predicted octanol–water partition coefficient (Wildman–Crippen LogP) is 3.20. The van der Waals surface area contributed by atoms with E-state index in [1.54, 1.807) is 19.2 Å². The molecule has 0 amide bonds. The second-order valence-corrected chi connectivity index (χ2v) is 8.24. The van der Waals surface area contributed by atoms with Gasteiger partial charge in [0.05, 0.1) is 4.92 Å². The van der Waals surface area contributed by atoms with Crippen molar-refractivity contribution < 1.29 is 4.92 Å². The molecular formula is C22H19N5O4S. The number of rotatable bonds is 5. The Hall–Kier alpha value is -3.79. The molecule has 0 spiro atoms. The van der Waals surface area contributed by atoms with Gasteiger partial charge in [0.2, 0.25) is 0 Å². The van der Waals surface area contributed by atoms with Gasteiger partial charge in [0, 0.05) is 37.5 Å². The monoisotopic (exact) mass is 449 g/mol. The van der Waals surface area contributed by atoms with Crippen molar-refractivity contribution in [3.05, 3.63) is 90.6 Å². The summed E-state index contributed by atoms with van der Waals surface area (Å²) in [6.07, 6.45) is 0. The summed E-state index contributed by atoms with van der Waals surface area (Å²) < 4.78 is 2.35. The molecule has 0 aliphatic rings. The Balaban J connectivity index is 1.91. The molecule has 0 atom stereocenters. The largest absolute Gasteiger partial charge is 0.332 e. The van der Waals surface area contributed by atoms with E-state index < -0.39 is 16.2 Å². The Kier molecular flexibility index (Phi) is 5.62. The number of fused-ring (bicyclic) bond motifs is 1. The van der Waals surface area contributed by atoms with Gasteiger partial charge < -0.3 is 0 Å². The molecule has 0 aliphatic carbocycles. The number of nitro groups is 1. The number of hydrogen-bond donors (Lipinski definition) is 0. The number of aryl methyl sites for hydroxylation is 2. The third-order valence-electron chi connectivity index (χ3n) is 5.23. The molecule has 0 bridgehead atoms. The summed E-state index contributed by atoms with van der Waals surface area (Å²) in [5.41, 5.74) is 1.97. The van der Waals surface area contributed by atoms with Crippen molar-refractivity contribution in [1.82, 2.24) is 19.1 Å². The standard InChI is InChI=1S/C22H19N5O4S/c1-13-6-4-5-7-15(13)12-32-20-17-19(25(2)22(29)26(3)21(17)28)23-18(24-20)14-8-10-16(11-9-14)27(30)31/h4-11H,12H2,1-3H3. The van der Waals surface area contributed by atoms with Crippen LogP contribution in [0.4, 0.5) is 5.69 Å². The quantitative estimate of drug-likeness (QED) is 0.199. The minimum atomic E-state index is -0.495. The normalized spacial score (nSPS) is 11.1. The Morgan fingerprint density at radius 2 is 1.69 bits per heavy atom. The van der Waals surface area contributed by atoms with Gasteiger partial charge in [0.15, 0.2) is 11.5 Å². The predicted molar refractivity (Wildman–Crippen MR) is 123 cm³/mol. The fourth-order valence-corrected chi connectivity index (χ4v) is 4.40. The van der Waals surface area contributed by atoms with Gasteiger partial charge in [-0.2, -0.15) is 0 Å². The molecule has 10 heteroatoms. The van der Waals surface area contributed by atoms with Crippen LogP contribution in [-0.4, -0.2) is 24.0 Å². The highest BCUT2D eigenvalue weighted by Crippen LogP contribution is 2.29. The first-order valence-corrected chi connectivity index (χ1v) is 10.7. The fourth-order valence-electron chi connectivity index (χ4n) is 3.31. The number of nitro benzene ring substituents is 1. The second kappa shape index (κ2) is 8.39. The van der Waals surface area contributed by atoms with Crippen LogP contribution in [0.25, 0.3) is 22.4 Å². The summed E-state index contributed by atoms with van der Waals surface area (Å²) in [4.78, 5) is 45.0. The molecule has 0 saturated carbocycles. The van der Waals surface area contributed by atoms with E-state index in [4.69, 9.17) is 0 Å². The van der Waals surface area contributed by atoms with Crippen LogP contribution in [0.3, 0.4) is 0 Å². The lowest BCUT2D eigenvalue weighted by Crippen LogP contribution is -2.37. The molecule has 162 valence electrons. The molecule has 9 nitrogen and oxygen atoms in total. The Morgan fingerprint density at radius 3 is 2.34 bits per heavy atom. The lowest BCUT2D eigenvalue weighted by molar-refractivity contribution is -0.384. The molecule has 2 heterocycles. The number of nitrogens with zero attached hydrogens (tertiary/aromatic N) is 5. The Morgan fingerprint density at radius 1 is 1.00 bits per heavy atom. The highest BCUT2D eigenvalue weighted by atomic mass is 32.2. The van der Waals surface area contributed by atoms with Crippen molar-refractivity contribution in [3.63, 3.8) is 0 Å². The van der Waals surface area contributed by atoms with E-state index in [9.17, 15) is 19.7 Å². The van der Waals surface area contributed by atoms with Crippen LogP contribution in [0.15, 0.2) is 63.1 Å². The van der Waals surface area contributed by atoms with Crippen molar-refractivity contribution in [2.24, 2.45) is 14.1 Å². The maximum atomic E-state index is 12.9. The Bertz CT molecular complexity index is 1480. The van der Waals surface area contributed by atoms with E-state index >= 15 is 0 Å². The molecule has 4 aromatic rings. The average molecular weight is 449 g/mol. The number of hydrogen-bond acceptors (Lipinski definition) is 7. The molecule has 0 aliphatic heterocycles. The molecule has 2 aromatic carbocycles. The topological polar surface area (TPSA) is 113 Å². The average Bonchev–Trinajstić information content (AvgIpc) is 2.80. The van der Waals surface area contributed by atoms with Gasteiger partial charge in [-0.05, 0) is 30.2 Å². The van der Waals surface area contributed by atoms with E-state index in [0.717, 1.165) is 15.7 Å². The lowest BCUT2D eigenvalue weighted by atomic mass is 10.1. The van der Waals surface area contributed by atoms with E-state index in [1.165, 1.54) is 35.5 Å². The summed E-state index contributed by atoms with van der Waals surface area (Å²) in [6.45, 7) is 2.01. The van der Waals surface area contributed by atoms with Gasteiger partial charge in [-0.3, -0.25) is 24.0 Å². The van der Waals surface area contributed by atoms with Crippen LogP contribution in [0.5, 0.6) is 0 Å². The van der Waals surface area contributed by atoms with Crippen LogP contribution in [0, 0.1) is 17.0 Å². The maximum absolute atomic E-state index is 12.9. The zero-order valence-electron chi connectivity index (χ0n) is 17.6. The summed E-state index contributed by atoms with van der Waals surface area (Å²) in [6, 6.07) is 13.8. The molecule has 0 N–H and O–H groups in total. The number of benzene rings is 2. The first kappa shape index (κ1) is 21.4. The first-order chi connectivity index (χ1) is 15.3. The molecule has 0 saturated heterocycles. The lowest BCUT2D eigenvalue weighted by Gasteiger charge is -2.12. The SMILES string of the molecule is Cc1ccccc1CSc1nc(-c2ccc([N+](=O)[O-])cc2)nc2c1c(=O)n(C)c(=O)n2C. The van der Waals surface area contributed by atoms with Crippen LogP contribution in [-0.2, 0) is 19.8 Å². The first-order valence-electron chi connectivity index (χ1n) is 9.68. The van der Waals surface area contributed by atoms with Gasteiger partial charge in [-0.25, -0.2) is 14.8 Å². The van der Waals surface area contributed by atoms with Crippen molar-refractivity contribution >= 4 is 28.5 Å². The van der Waals surface area contributed by atoms with E-state index in [-0.39, 0.29) is 22.5 Å². The summed E-state index contributed by atoms with van der Waals surface area (Å²) in [5.74, 6) is 0.854. The summed E-state index contributed by atoms with van der Waals surface area (Å²) in [5, 5.41) is 11.7. The van der Waals surface area contributed by atoms with Crippen molar-refractivity contribution in [3.8, 4) is 11.4 Å². The third kappa shape index (κ3) is 3.80. The molecule has 0 unspecified atom stereocenters. The smallest absolute Gasteiger partial charge is 0.280 e. The van der Waals surface area contributed by atoms with Gasteiger partial charge in [-0.15, -0.1) is 11.8 Å². The van der Waals surface area contributed by atoms with Gasteiger partial charge >= 0.3 is 5.69 Å². The van der Waals surface area contributed by atoms with E-state index in [2.05, 4.69) is 9.97 Å². The van der Waals surface area contributed by atoms with Gasteiger partial charge in [0.25, 0.3) is 11.2 Å². The molecule has 0 fully saturated rings. The minimum Gasteiger partial charge on any atom is -0.280 e. The molecular weight excluding hydrogens is 430 g/mol. The molecule has 0 radical (unpaired) electrons. The summed E-state index contributed by atoms with van der Waals surface area (Å²) in [7, 11) is 2.97. The van der Waals surface area contributed by atoms with Crippen molar-refractivity contribution in [1.29, 1.82) is 0 Å². The maximum Gasteiger partial charge on any atom is 0.332 e. The van der Waals surface area contributed by atoms with Crippen LogP contribution in [0.1, 0.15) is 11.1 Å². The molecule has 2 aromatic heterocycles. The summed E-state index contributed by atoms with van der Waals surface area (Å²) >= 11 is 1.38. The van der Waals surface area contributed by atoms with Crippen molar-refractivity contribution in [2.45, 2.75) is 17.7 Å². The van der Waals surface area contributed by atoms with E-state index in [1.807, 2.05) is 31.2 Å². The van der Waals surface area contributed by atoms with Crippen LogP contribution < -0.4 is 11.2 Å². The highest BCUT2D eigenvalue weighted by molar-refractivity contribution is 7.98. The number of aromatic nitrogens is 4. The highest BCUT2D eigenvalue weighted by Gasteiger charge is 2.19. The minimum absolute atomic E-state index is 0.0510. The van der Waals surface area contributed by atoms with Gasteiger partial charge in [-0.1, -0.05) is 24.3 Å². The van der Waals surface area contributed by atoms with Crippen molar-refractivity contribution in [2.75, 3.05) is 0 Å². The molecule has 32 heavy (non-hydrogen) atoms. The number of thioether (sulfide) groups is 1. The zero-order chi connectivity index (χ0) is 23.0. The van der Waals surface area contributed by atoms with Gasteiger partial charge in [0.1, 0.15) is 10.4 Å². The van der Waals surface area contributed by atoms with Crippen LogP contribution in [0.2, 0.25) is 0 Å². The Labute approximate surface area is 186 Å².